The van der Waals surface area contributed by atoms with Gasteiger partial charge in [0, 0.05) is 18.1 Å². The summed E-state index contributed by atoms with van der Waals surface area (Å²) in [4.78, 5) is 19.0. The van der Waals surface area contributed by atoms with Gasteiger partial charge in [0.2, 0.25) is 23.2 Å². The van der Waals surface area contributed by atoms with Crippen molar-refractivity contribution in [1.29, 1.82) is 0 Å². The minimum absolute atomic E-state index is 0.121. The Morgan fingerprint density at radius 1 is 1.10 bits per heavy atom. The average Bonchev–Trinajstić information content (AvgIpc) is 2.83. The third-order valence-corrected chi connectivity index (χ3v) is 5.45. The van der Waals surface area contributed by atoms with Crippen LogP contribution in [0.15, 0.2) is 47.6 Å². The van der Waals surface area contributed by atoms with Gasteiger partial charge in [-0.15, -0.1) is 10.2 Å². The molecule has 2 aromatic carbocycles. The fraction of sp³-hybridized carbons (Fsp3) is 0.273. The first kappa shape index (κ1) is 19.4. The lowest BCUT2D eigenvalue weighted by Gasteiger charge is -2.30. The number of amides is 1. The fourth-order valence-corrected chi connectivity index (χ4v) is 3.86. The molecule has 0 spiro atoms. The van der Waals surface area contributed by atoms with E-state index in [1.54, 1.807) is 11.8 Å². The monoisotopic (exact) mass is 406 g/mol. The second kappa shape index (κ2) is 7.83. The number of fused-ring (bicyclic) bond motifs is 3. The smallest absolute Gasteiger partial charge is 0.247 e. The van der Waals surface area contributed by atoms with E-state index >= 15 is 0 Å². The molecule has 0 N–H and O–H groups in total. The van der Waals surface area contributed by atoms with Crippen LogP contribution in [-0.4, -0.2) is 26.8 Å². The number of thioether (sulfide) groups is 1. The summed E-state index contributed by atoms with van der Waals surface area (Å²) in [6.45, 7) is 7.61. The van der Waals surface area contributed by atoms with Crippen molar-refractivity contribution in [3.8, 4) is 17.1 Å². The molecule has 1 amide bonds. The second-order valence-corrected chi connectivity index (χ2v) is 8.20. The summed E-state index contributed by atoms with van der Waals surface area (Å²) in [5.74, 6) is 1.10. The molecule has 0 fully saturated rings. The molecule has 1 aromatic heterocycles. The summed E-state index contributed by atoms with van der Waals surface area (Å²) in [5, 5.41) is 9.22. The molecule has 1 aliphatic heterocycles. The van der Waals surface area contributed by atoms with Gasteiger partial charge in [0.05, 0.1) is 5.69 Å². The van der Waals surface area contributed by atoms with Gasteiger partial charge in [-0.1, -0.05) is 60.1 Å². The van der Waals surface area contributed by atoms with E-state index in [9.17, 15) is 4.79 Å². The Hall–Kier alpha value is -2.93. The predicted molar refractivity (Wildman–Crippen MR) is 114 cm³/mol. The number of carbonyl (C=O) groups is 1. The van der Waals surface area contributed by atoms with Crippen molar-refractivity contribution in [3.05, 3.63) is 59.2 Å². The van der Waals surface area contributed by atoms with Crippen molar-refractivity contribution in [2.45, 2.75) is 39.1 Å². The summed E-state index contributed by atoms with van der Waals surface area (Å²) in [7, 11) is 0. The Morgan fingerprint density at radius 2 is 1.83 bits per heavy atom. The third-order valence-electron chi connectivity index (χ3n) is 4.73. The molecule has 0 aliphatic carbocycles. The van der Waals surface area contributed by atoms with E-state index in [4.69, 9.17) is 4.74 Å². The highest BCUT2D eigenvalue weighted by Crippen LogP contribution is 2.43. The molecule has 2 heterocycles. The minimum Gasteiger partial charge on any atom is -0.447 e. The van der Waals surface area contributed by atoms with Gasteiger partial charge >= 0.3 is 0 Å². The maximum Gasteiger partial charge on any atom is 0.247 e. The Kier molecular flexibility index (Phi) is 5.24. The lowest BCUT2D eigenvalue weighted by molar-refractivity contribution is -0.118. The van der Waals surface area contributed by atoms with Crippen LogP contribution >= 0.6 is 11.8 Å². The summed E-state index contributed by atoms with van der Waals surface area (Å²) < 4.78 is 6.34. The highest BCUT2D eigenvalue weighted by molar-refractivity contribution is 7.99. The van der Waals surface area contributed by atoms with E-state index < -0.39 is 6.23 Å². The van der Waals surface area contributed by atoms with Gasteiger partial charge in [-0.25, -0.2) is 0 Å². The number of aryl methyl sites for hydroxylation is 2. The van der Waals surface area contributed by atoms with Crippen molar-refractivity contribution in [2.24, 2.45) is 0 Å². The maximum absolute atomic E-state index is 12.8. The van der Waals surface area contributed by atoms with Crippen LogP contribution in [0.4, 0.5) is 5.69 Å². The molecule has 1 atom stereocenters. The lowest BCUT2D eigenvalue weighted by Crippen LogP contribution is -2.36. The number of nitrogens with zero attached hydrogens (tertiary/aromatic N) is 4. The Morgan fingerprint density at radius 3 is 2.52 bits per heavy atom. The van der Waals surface area contributed by atoms with Crippen molar-refractivity contribution in [2.75, 3.05) is 10.7 Å². The van der Waals surface area contributed by atoms with Gasteiger partial charge in [-0.05, 0) is 31.7 Å². The van der Waals surface area contributed by atoms with Gasteiger partial charge in [-0.2, -0.15) is 4.98 Å². The number of hydrogen-bond donors (Lipinski definition) is 0. The highest BCUT2D eigenvalue weighted by atomic mass is 32.2. The molecular weight excluding hydrogens is 384 g/mol. The van der Waals surface area contributed by atoms with Crippen LogP contribution in [0.25, 0.3) is 11.3 Å². The average molecular weight is 407 g/mol. The Bertz CT molecular complexity index is 1070. The van der Waals surface area contributed by atoms with E-state index in [2.05, 4.69) is 15.2 Å². The van der Waals surface area contributed by atoms with Crippen LogP contribution in [0.5, 0.6) is 5.88 Å². The van der Waals surface area contributed by atoms with E-state index in [0.717, 1.165) is 33.7 Å². The van der Waals surface area contributed by atoms with Crippen LogP contribution in [0.1, 0.15) is 36.8 Å². The van der Waals surface area contributed by atoms with Crippen LogP contribution in [0.3, 0.4) is 0 Å². The molecule has 1 aliphatic rings. The van der Waals surface area contributed by atoms with Crippen molar-refractivity contribution in [1.82, 2.24) is 15.2 Å². The summed E-state index contributed by atoms with van der Waals surface area (Å²) in [6, 6.07) is 13.9. The number of hydrogen-bond acceptors (Lipinski definition) is 6. The molecule has 29 heavy (non-hydrogen) atoms. The summed E-state index contributed by atoms with van der Waals surface area (Å²) >= 11 is 1.50. The van der Waals surface area contributed by atoms with Crippen LogP contribution in [0.2, 0.25) is 0 Å². The number of rotatable bonds is 3. The predicted octanol–water partition coefficient (Wildman–Crippen LogP) is 4.71. The third kappa shape index (κ3) is 3.70. The first-order valence-corrected chi connectivity index (χ1v) is 10.5. The summed E-state index contributed by atoms with van der Waals surface area (Å²) in [6.07, 6.45) is -0.646. The lowest BCUT2D eigenvalue weighted by atomic mass is 10.0. The molecule has 6 nitrogen and oxygen atoms in total. The van der Waals surface area contributed by atoms with E-state index in [1.165, 1.54) is 11.8 Å². The highest BCUT2D eigenvalue weighted by Gasteiger charge is 2.34. The molecule has 0 saturated heterocycles. The zero-order chi connectivity index (χ0) is 20.5. The van der Waals surface area contributed by atoms with Crippen molar-refractivity contribution in [3.63, 3.8) is 0 Å². The van der Waals surface area contributed by atoms with Crippen LogP contribution in [0, 0.1) is 13.8 Å². The molecule has 4 rings (SSSR count). The zero-order valence-corrected chi connectivity index (χ0v) is 17.7. The molecule has 3 aromatic rings. The quantitative estimate of drug-likeness (QED) is 0.587. The van der Waals surface area contributed by atoms with Gasteiger partial charge in [-0.3, -0.25) is 9.69 Å². The van der Waals surface area contributed by atoms with E-state index in [0.29, 0.717) is 16.7 Å². The molecule has 0 bridgehead atoms. The van der Waals surface area contributed by atoms with Crippen LogP contribution < -0.4 is 9.64 Å². The Balaban J connectivity index is 1.96. The molecule has 0 unspecified atom stereocenters. The van der Waals surface area contributed by atoms with Crippen molar-refractivity contribution < 1.29 is 9.53 Å². The number of ether oxygens (including phenoxy) is 1. The normalized spacial score (nSPS) is 15.2. The minimum atomic E-state index is -0.646. The number of anilines is 1. The number of carbonyl (C=O) groups excluding carboxylic acids is 1. The first-order valence-electron chi connectivity index (χ1n) is 9.49. The second-order valence-electron chi connectivity index (χ2n) is 6.97. The molecule has 0 radical (unpaired) electrons. The molecular formula is C22H22N4O2S. The topological polar surface area (TPSA) is 68.2 Å². The SMILES string of the molecule is CCSc1nnc2c(n1)O[C@H](c1ccc(C)cc1)N(C(C)=O)c1ccc(C)cc1-2. The molecule has 148 valence electrons. The molecule has 0 saturated carbocycles. The summed E-state index contributed by atoms with van der Waals surface area (Å²) in [5.41, 5.74) is 5.13. The maximum atomic E-state index is 12.8. The van der Waals surface area contributed by atoms with Crippen molar-refractivity contribution >= 4 is 23.4 Å². The largest absolute Gasteiger partial charge is 0.447 e. The Labute approximate surface area is 174 Å². The zero-order valence-electron chi connectivity index (χ0n) is 16.8. The standard InChI is InChI=1S/C22H22N4O2S/c1-5-29-22-23-20-19(24-25-22)17-12-14(3)8-11-18(17)26(15(4)27)21(28-20)16-9-6-13(2)7-10-16/h6-12,21H,5H2,1-4H3/t21-/m1/s1. The number of benzene rings is 2. The van der Waals surface area contributed by atoms with E-state index in [1.807, 2.05) is 63.2 Å². The first-order chi connectivity index (χ1) is 14.0. The van der Waals surface area contributed by atoms with E-state index in [-0.39, 0.29) is 5.91 Å². The fourth-order valence-electron chi connectivity index (χ4n) is 3.36. The number of aromatic nitrogens is 3. The molecule has 7 heteroatoms. The van der Waals surface area contributed by atoms with Gasteiger partial charge in [0.25, 0.3) is 0 Å². The van der Waals surface area contributed by atoms with Gasteiger partial charge in [0.15, 0.2) is 5.69 Å². The van der Waals surface area contributed by atoms with Gasteiger partial charge < -0.3 is 4.74 Å². The van der Waals surface area contributed by atoms with Gasteiger partial charge in [0.1, 0.15) is 0 Å². The van der Waals surface area contributed by atoms with Crippen LogP contribution in [-0.2, 0) is 4.79 Å².